The summed E-state index contributed by atoms with van der Waals surface area (Å²) in [4.78, 5) is 12.5. The first kappa shape index (κ1) is 17.5. The van der Waals surface area contributed by atoms with Gasteiger partial charge in [-0.2, -0.15) is 0 Å². The van der Waals surface area contributed by atoms with Gasteiger partial charge in [0, 0.05) is 12.1 Å². The lowest BCUT2D eigenvalue weighted by Gasteiger charge is -2.12. The highest BCUT2D eigenvalue weighted by atomic mass is 16.5. The van der Waals surface area contributed by atoms with E-state index in [-0.39, 0.29) is 30.5 Å². The molecule has 2 atom stereocenters. The number of aliphatic hydroxyl groups is 1. The van der Waals surface area contributed by atoms with Crippen molar-refractivity contribution in [1.29, 1.82) is 0 Å². The van der Waals surface area contributed by atoms with Gasteiger partial charge in [-0.15, -0.1) is 0 Å². The number of allylic oxidation sites excluding steroid dienone is 2. The summed E-state index contributed by atoms with van der Waals surface area (Å²) in [6.07, 6.45) is 2.20. The number of para-hydroxylation sites is 1. The summed E-state index contributed by atoms with van der Waals surface area (Å²) in [5, 5.41) is 11.9. The number of carbonyl (C=O) groups is 1. The van der Waals surface area contributed by atoms with Crippen molar-refractivity contribution in [1.82, 2.24) is 5.32 Å². The van der Waals surface area contributed by atoms with Crippen LogP contribution in [0.3, 0.4) is 0 Å². The van der Waals surface area contributed by atoms with Gasteiger partial charge in [0.1, 0.15) is 12.4 Å². The first-order valence-corrected chi connectivity index (χ1v) is 8.12. The number of benzene rings is 1. The summed E-state index contributed by atoms with van der Waals surface area (Å²) in [5.74, 6) is 1.14. The second-order valence-corrected chi connectivity index (χ2v) is 6.97. The Morgan fingerprint density at radius 1 is 1.35 bits per heavy atom. The number of carbonyl (C=O) groups excluding carboxylic acids is 1. The average molecular weight is 317 g/mol. The van der Waals surface area contributed by atoms with Crippen LogP contribution in [-0.4, -0.2) is 24.2 Å². The second-order valence-electron chi connectivity index (χ2n) is 6.97. The Morgan fingerprint density at radius 2 is 2.04 bits per heavy atom. The second kappa shape index (κ2) is 7.18. The molecule has 4 nitrogen and oxygen atoms in total. The smallest absolute Gasteiger partial charge is 0.224 e. The Hall–Kier alpha value is -1.81. The van der Waals surface area contributed by atoms with Crippen LogP contribution in [0, 0.1) is 17.3 Å². The Bertz CT molecular complexity index is 588. The summed E-state index contributed by atoms with van der Waals surface area (Å²) in [5.41, 5.74) is 2.20. The molecule has 1 amide bonds. The third-order valence-corrected chi connectivity index (χ3v) is 4.48. The molecular formula is C19H27NO3. The predicted molar refractivity (Wildman–Crippen MR) is 91.1 cm³/mol. The molecule has 0 spiro atoms. The van der Waals surface area contributed by atoms with Crippen molar-refractivity contribution >= 4 is 5.91 Å². The molecular weight excluding hydrogens is 290 g/mol. The normalized spacial score (nSPS) is 21.4. The van der Waals surface area contributed by atoms with Crippen LogP contribution < -0.4 is 10.1 Å². The minimum Gasteiger partial charge on any atom is -0.491 e. The van der Waals surface area contributed by atoms with E-state index in [0.29, 0.717) is 18.2 Å². The molecule has 23 heavy (non-hydrogen) atoms. The maximum atomic E-state index is 12.5. The Morgan fingerprint density at radius 3 is 2.70 bits per heavy atom. The highest BCUT2D eigenvalue weighted by Gasteiger charge is 2.60. The number of ether oxygens (including phenoxy) is 1. The molecule has 1 aliphatic carbocycles. The summed E-state index contributed by atoms with van der Waals surface area (Å²) in [6.45, 7) is 9.08. The molecule has 0 aliphatic heterocycles. The van der Waals surface area contributed by atoms with E-state index in [1.54, 1.807) is 0 Å². The molecule has 1 aromatic rings. The van der Waals surface area contributed by atoms with E-state index in [0.717, 1.165) is 5.56 Å². The monoisotopic (exact) mass is 317 g/mol. The molecule has 4 heteroatoms. The zero-order valence-corrected chi connectivity index (χ0v) is 14.4. The number of hydrogen-bond acceptors (Lipinski definition) is 3. The van der Waals surface area contributed by atoms with Crippen molar-refractivity contribution in [3.63, 3.8) is 0 Å². The first-order valence-electron chi connectivity index (χ1n) is 8.12. The summed E-state index contributed by atoms with van der Waals surface area (Å²) in [7, 11) is 0. The van der Waals surface area contributed by atoms with Crippen molar-refractivity contribution in [2.24, 2.45) is 17.3 Å². The van der Waals surface area contributed by atoms with E-state index in [1.165, 1.54) is 5.57 Å². The van der Waals surface area contributed by atoms with Gasteiger partial charge in [-0.05, 0) is 31.2 Å². The van der Waals surface area contributed by atoms with Crippen LogP contribution in [0.15, 0.2) is 35.9 Å². The van der Waals surface area contributed by atoms with Gasteiger partial charge in [0.15, 0.2) is 0 Å². The topological polar surface area (TPSA) is 58.6 Å². The van der Waals surface area contributed by atoms with E-state index >= 15 is 0 Å². The quantitative estimate of drug-likeness (QED) is 0.760. The standard InChI is InChI=1S/C19H27NO3/c1-13(2)11-15-17(19(15,3)4)18(22)20-12-14-7-5-6-8-16(14)23-10-9-21/h5-8,11,15,17,21H,9-10,12H2,1-4H3,(H,20,22). The van der Waals surface area contributed by atoms with E-state index < -0.39 is 0 Å². The number of hydrogen-bond donors (Lipinski definition) is 2. The molecule has 2 rings (SSSR count). The Labute approximate surface area is 138 Å². The van der Waals surface area contributed by atoms with E-state index in [2.05, 4.69) is 39.1 Å². The van der Waals surface area contributed by atoms with Crippen molar-refractivity contribution in [2.45, 2.75) is 34.2 Å². The van der Waals surface area contributed by atoms with Gasteiger partial charge in [0.2, 0.25) is 5.91 Å². The Kier molecular flexibility index (Phi) is 5.47. The summed E-state index contributed by atoms with van der Waals surface area (Å²) >= 11 is 0. The fourth-order valence-electron chi connectivity index (χ4n) is 3.09. The predicted octanol–water partition coefficient (Wildman–Crippen LogP) is 2.91. The lowest BCUT2D eigenvalue weighted by molar-refractivity contribution is -0.123. The number of amides is 1. The first-order chi connectivity index (χ1) is 10.9. The highest BCUT2D eigenvalue weighted by molar-refractivity contribution is 5.83. The summed E-state index contributed by atoms with van der Waals surface area (Å²) < 4.78 is 5.50. The molecule has 2 unspecified atom stereocenters. The lowest BCUT2D eigenvalue weighted by atomic mass is 10.1. The van der Waals surface area contributed by atoms with Gasteiger partial charge in [0.05, 0.1) is 12.5 Å². The Balaban J connectivity index is 1.97. The van der Waals surface area contributed by atoms with E-state index in [4.69, 9.17) is 9.84 Å². The highest BCUT2D eigenvalue weighted by Crippen LogP contribution is 2.59. The molecule has 0 radical (unpaired) electrons. The van der Waals surface area contributed by atoms with Gasteiger partial charge < -0.3 is 15.2 Å². The molecule has 2 N–H and O–H groups in total. The van der Waals surface area contributed by atoms with Crippen LogP contribution in [0.5, 0.6) is 5.75 Å². The molecule has 0 heterocycles. The van der Waals surface area contributed by atoms with E-state index in [9.17, 15) is 4.79 Å². The van der Waals surface area contributed by atoms with Crippen molar-refractivity contribution in [3.05, 3.63) is 41.5 Å². The van der Waals surface area contributed by atoms with Gasteiger partial charge in [-0.3, -0.25) is 4.79 Å². The van der Waals surface area contributed by atoms with E-state index in [1.807, 2.05) is 24.3 Å². The minimum absolute atomic E-state index is 0.0221. The number of aliphatic hydroxyl groups excluding tert-OH is 1. The van der Waals surface area contributed by atoms with Crippen LogP contribution in [0.1, 0.15) is 33.3 Å². The maximum Gasteiger partial charge on any atom is 0.224 e. The molecule has 1 saturated carbocycles. The molecule has 126 valence electrons. The van der Waals surface area contributed by atoms with Gasteiger partial charge >= 0.3 is 0 Å². The zero-order chi connectivity index (χ0) is 17.0. The number of rotatable bonds is 7. The molecule has 1 aromatic carbocycles. The number of nitrogens with one attached hydrogen (secondary N) is 1. The molecule has 0 saturated heterocycles. The maximum absolute atomic E-state index is 12.5. The van der Waals surface area contributed by atoms with Gasteiger partial charge in [-0.1, -0.05) is 43.7 Å². The molecule has 0 bridgehead atoms. The SMILES string of the molecule is CC(C)=CC1C(C(=O)NCc2ccccc2OCCO)C1(C)C. The lowest BCUT2D eigenvalue weighted by Crippen LogP contribution is -2.26. The molecule has 1 aliphatic rings. The fourth-order valence-corrected chi connectivity index (χ4v) is 3.09. The van der Waals surface area contributed by atoms with Gasteiger partial charge in [-0.25, -0.2) is 0 Å². The third-order valence-electron chi connectivity index (χ3n) is 4.48. The molecule has 0 aromatic heterocycles. The van der Waals surface area contributed by atoms with Crippen LogP contribution in [0.4, 0.5) is 0 Å². The fraction of sp³-hybridized carbons (Fsp3) is 0.526. The summed E-state index contributed by atoms with van der Waals surface area (Å²) in [6, 6.07) is 7.58. The van der Waals surface area contributed by atoms with Crippen molar-refractivity contribution in [3.8, 4) is 5.75 Å². The van der Waals surface area contributed by atoms with Gasteiger partial charge in [0.25, 0.3) is 0 Å². The van der Waals surface area contributed by atoms with Crippen LogP contribution in [-0.2, 0) is 11.3 Å². The average Bonchev–Trinajstić information content (AvgIpc) is 3.03. The zero-order valence-electron chi connectivity index (χ0n) is 14.4. The van der Waals surface area contributed by atoms with Crippen LogP contribution in [0.25, 0.3) is 0 Å². The van der Waals surface area contributed by atoms with Crippen LogP contribution in [0.2, 0.25) is 0 Å². The molecule has 1 fully saturated rings. The third kappa shape index (κ3) is 4.14. The van der Waals surface area contributed by atoms with Crippen molar-refractivity contribution < 1.29 is 14.6 Å². The minimum atomic E-state index is -0.0264. The van der Waals surface area contributed by atoms with Crippen molar-refractivity contribution in [2.75, 3.05) is 13.2 Å². The van der Waals surface area contributed by atoms with Crippen LogP contribution >= 0.6 is 0 Å². The largest absolute Gasteiger partial charge is 0.491 e.